The molecule has 110 valence electrons. The van der Waals surface area contributed by atoms with Gasteiger partial charge in [-0.25, -0.2) is 0 Å². The highest BCUT2D eigenvalue weighted by atomic mass is 16.5. The van der Waals surface area contributed by atoms with Crippen LogP contribution < -0.4 is 0 Å². The standard InChI is InChI=1S/C20H18O2/c21-19(16-9-5-2-6-10-16)20-14-22-13-18(20)17(20)12-11-15-7-3-1-4-8-15/h1-12,17-18H,13-14H2/b12-11+/t17-,18-,20-/m1/s1. The molecular formula is C20H18O2. The lowest BCUT2D eigenvalue weighted by molar-refractivity contribution is 0.0805. The average Bonchev–Trinajstić information content (AvgIpc) is 2.98. The van der Waals surface area contributed by atoms with Gasteiger partial charge in [-0.05, 0) is 11.5 Å². The Morgan fingerprint density at radius 1 is 1.05 bits per heavy atom. The zero-order valence-corrected chi connectivity index (χ0v) is 12.3. The summed E-state index contributed by atoms with van der Waals surface area (Å²) in [7, 11) is 0. The topological polar surface area (TPSA) is 26.3 Å². The summed E-state index contributed by atoms with van der Waals surface area (Å²) in [6, 6.07) is 19.8. The summed E-state index contributed by atoms with van der Waals surface area (Å²) in [4.78, 5) is 12.9. The molecule has 0 bridgehead atoms. The number of ether oxygens (including phenoxy) is 1. The van der Waals surface area contributed by atoms with Gasteiger partial charge in [0.1, 0.15) is 0 Å². The van der Waals surface area contributed by atoms with Crippen LogP contribution >= 0.6 is 0 Å². The number of carbonyl (C=O) groups is 1. The number of Topliss-reactive ketones (excluding diaryl/α,β-unsaturated/α-hetero) is 1. The number of carbonyl (C=O) groups excluding carboxylic acids is 1. The van der Waals surface area contributed by atoms with Gasteiger partial charge in [0.25, 0.3) is 0 Å². The van der Waals surface area contributed by atoms with Crippen LogP contribution in [0.15, 0.2) is 66.7 Å². The van der Waals surface area contributed by atoms with Crippen LogP contribution in [-0.2, 0) is 4.74 Å². The summed E-state index contributed by atoms with van der Waals surface area (Å²) in [6.07, 6.45) is 4.33. The van der Waals surface area contributed by atoms with Gasteiger partial charge < -0.3 is 4.74 Å². The molecule has 4 rings (SSSR count). The van der Waals surface area contributed by atoms with Crippen LogP contribution in [0.1, 0.15) is 15.9 Å². The van der Waals surface area contributed by atoms with Gasteiger partial charge in [0.05, 0.1) is 18.6 Å². The molecule has 22 heavy (non-hydrogen) atoms. The molecule has 2 aromatic carbocycles. The van der Waals surface area contributed by atoms with E-state index in [1.807, 2.05) is 48.5 Å². The van der Waals surface area contributed by atoms with Crippen LogP contribution in [0, 0.1) is 17.3 Å². The van der Waals surface area contributed by atoms with E-state index in [4.69, 9.17) is 4.74 Å². The molecular weight excluding hydrogens is 272 g/mol. The van der Waals surface area contributed by atoms with Crippen LogP contribution in [-0.4, -0.2) is 19.0 Å². The van der Waals surface area contributed by atoms with Gasteiger partial charge in [-0.15, -0.1) is 0 Å². The minimum absolute atomic E-state index is 0.235. The molecule has 2 aliphatic rings. The maximum Gasteiger partial charge on any atom is 0.172 e. The van der Waals surface area contributed by atoms with Crippen molar-refractivity contribution in [2.45, 2.75) is 0 Å². The van der Waals surface area contributed by atoms with Crippen molar-refractivity contribution in [2.75, 3.05) is 13.2 Å². The van der Waals surface area contributed by atoms with Gasteiger partial charge in [0.2, 0.25) is 0 Å². The van der Waals surface area contributed by atoms with E-state index in [-0.39, 0.29) is 11.2 Å². The molecule has 2 aromatic rings. The zero-order chi connectivity index (χ0) is 15.0. The van der Waals surface area contributed by atoms with Crippen molar-refractivity contribution >= 4 is 11.9 Å². The van der Waals surface area contributed by atoms with Gasteiger partial charge >= 0.3 is 0 Å². The Bertz CT molecular complexity index is 705. The molecule has 0 N–H and O–H groups in total. The lowest BCUT2D eigenvalue weighted by atomic mass is 9.92. The van der Waals surface area contributed by atoms with E-state index in [1.54, 1.807) is 0 Å². The summed E-state index contributed by atoms with van der Waals surface area (Å²) in [5.74, 6) is 0.868. The second-order valence-corrected chi connectivity index (χ2v) is 6.15. The number of benzene rings is 2. The van der Waals surface area contributed by atoms with Crippen molar-refractivity contribution in [1.29, 1.82) is 0 Å². The van der Waals surface area contributed by atoms with E-state index in [1.165, 1.54) is 5.56 Å². The molecule has 0 unspecified atom stereocenters. The third-order valence-electron chi connectivity index (χ3n) is 4.97. The number of rotatable bonds is 4. The molecule has 0 spiro atoms. The second kappa shape index (κ2) is 5.22. The van der Waals surface area contributed by atoms with Crippen LogP contribution in [0.2, 0.25) is 0 Å². The highest BCUT2D eigenvalue weighted by Gasteiger charge is 2.70. The van der Waals surface area contributed by atoms with E-state index < -0.39 is 0 Å². The number of ketones is 1. The van der Waals surface area contributed by atoms with Gasteiger partial charge in [-0.1, -0.05) is 72.8 Å². The second-order valence-electron chi connectivity index (χ2n) is 6.15. The van der Waals surface area contributed by atoms with Crippen molar-refractivity contribution in [3.63, 3.8) is 0 Å². The Morgan fingerprint density at radius 3 is 2.45 bits per heavy atom. The Kier molecular flexibility index (Phi) is 3.20. The molecule has 0 amide bonds. The summed E-state index contributed by atoms with van der Waals surface area (Å²) >= 11 is 0. The van der Waals surface area contributed by atoms with Crippen LogP contribution in [0.4, 0.5) is 0 Å². The highest BCUT2D eigenvalue weighted by molar-refractivity contribution is 6.03. The summed E-state index contributed by atoms with van der Waals surface area (Å²) in [5, 5.41) is 0. The largest absolute Gasteiger partial charge is 0.380 e. The maximum atomic E-state index is 12.9. The molecule has 1 saturated heterocycles. The highest BCUT2D eigenvalue weighted by Crippen LogP contribution is 2.64. The Balaban J connectivity index is 1.58. The summed E-state index contributed by atoms with van der Waals surface area (Å²) in [5.41, 5.74) is 1.65. The molecule has 0 radical (unpaired) electrons. The first-order chi connectivity index (χ1) is 10.8. The van der Waals surface area contributed by atoms with Crippen LogP contribution in [0.3, 0.4) is 0 Å². The third-order valence-corrected chi connectivity index (χ3v) is 4.97. The minimum atomic E-state index is -0.327. The molecule has 2 fully saturated rings. The monoisotopic (exact) mass is 290 g/mol. The van der Waals surface area contributed by atoms with Gasteiger partial charge in [0.15, 0.2) is 5.78 Å². The van der Waals surface area contributed by atoms with E-state index in [0.29, 0.717) is 25.0 Å². The Hall–Kier alpha value is -2.19. The summed E-state index contributed by atoms with van der Waals surface area (Å²) in [6.45, 7) is 1.25. The lowest BCUT2D eigenvalue weighted by Crippen LogP contribution is -2.22. The van der Waals surface area contributed by atoms with E-state index in [9.17, 15) is 4.79 Å². The third kappa shape index (κ3) is 2.03. The SMILES string of the molecule is O=C(c1ccccc1)[C@@]12COC[C@@H]1[C@H]2/C=C/c1ccccc1. The number of hydrogen-bond acceptors (Lipinski definition) is 2. The fourth-order valence-electron chi connectivity index (χ4n) is 3.69. The fraction of sp³-hybridized carbons (Fsp3) is 0.250. The van der Waals surface area contributed by atoms with Crippen LogP contribution in [0.25, 0.3) is 6.08 Å². The van der Waals surface area contributed by atoms with E-state index in [2.05, 4.69) is 24.3 Å². The molecule has 1 aliphatic heterocycles. The predicted octanol–water partition coefficient (Wildman–Crippen LogP) is 3.85. The van der Waals surface area contributed by atoms with Crippen molar-refractivity contribution in [1.82, 2.24) is 0 Å². The first kappa shape index (κ1) is 13.5. The normalized spacial score (nSPS) is 29.5. The molecule has 1 aliphatic carbocycles. The lowest BCUT2D eigenvalue weighted by Gasteiger charge is -2.12. The zero-order valence-electron chi connectivity index (χ0n) is 12.3. The molecule has 3 atom stereocenters. The Labute approximate surface area is 130 Å². The number of fused-ring (bicyclic) bond motifs is 1. The predicted molar refractivity (Wildman–Crippen MR) is 86.5 cm³/mol. The van der Waals surface area contributed by atoms with E-state index in [0.717, 1.165) is 5.56 Å². The number of allylic oxidation sites excluding steroid dienone is 1. The average molecular weight is 290 g/mol. The van der Waals surface area contributed by atoms with Crippen molar-refractivity contribution in [3.05, 3.63) is 77.9 Å². The van der Waals surface area contributed by atoms with Crippen LogP contribution in [0.5, 0.6) is 0 Å². The van der Waals surface area contributed by atoms with Gasteiger partial charge in [-0.2, -0.15) is 0 Å². The summed E-state index contributed by atoms with van der Waals surface area (Å²) < 4.78 is 5.58. The molecule has 1 heterocycles. The van der Waals surface area contributed by atoms with Gasteiger partial charge in [0, 0.05) is 11.5 Å². The maximum absolute atomic E-state index is 12.9. The molecule has 2 heteroatoms. The smallest absolute Gasteiger partial charge is 0.172 e. The number of hydrogen-bond donors (Lipinski definition) is 0. The quantitative estimate of drug-likeness (QED) is 0.800. The fourth-order valence-corrected chi connectivity index (χ4v) is 3.69. The first-order valence-electron chi connectivity index (χ1n) is 7.73. The van der Waals surface area contributed by atoms with Crippen molar-refractivity contribution in [2.24, 2.45) is 17.3 Å². The van der Waals surface area contributed by atoms with Gasteiger partial charge in [-0.3, -0.25) is 4.79 Å². The first-order valence-corrected chi connectivity index (χ1v) is 7.73. The molecule has 0 aromatic heterocycles. The van der Waals surface area contributed by atoms with Crippen molar-refractivity contribution in [3.8, 4) is 0 Å². The van der Waals surface area contributed by atoms with Crippen molar-refractivity contribution < 1.29 is 9.53 Å². The minimum Gasteiger partial charge on any atom is -0.380 e. The Morgan fingerprint density at radius 2 is 1.73 bits per heavy atom. The molecule has 2 nitrogen and oxygen atoms in total. The van der Waals surface area contributed by atoms with E-state index >= 15 is 0 Å². The molecule has 1 saturated carbocycles.